The van der Waals surface area contributed by atoms with Gasteiger partial charge in [-0.25, -0.2) is 9.69 Å². The lowest BCUT2D eigenvalue weighted by Crippen LogP contribution is -2.29. The molecule has 4 aromatic carbocycles. The third-order valence-corrected chi connectivity index (χ3v) is 6.49. The Morgan fingerprint density at radius 2 is 1.64 bits per heavy atom. The number of halogens is 1. The van der Waals surface area contributed by atoms with Crippen molar-refractivity contribution in [1.29, 1.82) is 0 Å². The zero-order chi connectivity index (χ0) is 27.7. The number of nitro groups is 1. The number of fused-ring (bicyclic) bond motifs is 1. The number of carbonyl (C=O) groups is 3. The molecule has 194 valence electrons. The van der Waals surface area contributed by atoms with Crippen LogP contribution < -0.4 is 9.64 Å². The molecule has 0 radical (unpaired) electrons. The number of anilines is 1. The summed E-state index contributed by atoms with van der Waals surface area (Å²) in [5.41, 5.74) is 2.15. The first-order chi connectivity index (χ1) is 18.7. The van der Waals surface area contributed by atoms with Crippen LogP contribution in [0.1, 0.15) is 42.2 Å². The van der Waals surface area contributed by atoms with Crippen LogP contribution in [0.5, 0.6) is 11.5 Å². The number of nitrogens with zero attached hydrogens (tertiary/aromatic N) is 2. The van der Waals surface area contributed by atoms with Crippen LogP contribution in [0.15, 0.2) is 84.9 Å². The minimum atomic E-state index is -0.670. The average molecular weight is 543 g/mol. The molecule has 5 rings (SSSR count). The zero-order valence-corrected chi connectivity index (χ0v) is 21.2. The van der Waals surface area contributed by atoms with Crippen molar-refractivity contribution in [2.24, 2.45) is 0 Å². The minimum Gasteiger partial charge on any atom is -0.457 e. The Hall–Kier alpha value is -5.02. The number of non-ortho nitro benzene ring substituents is 1. The van der Waals surface area contributed by atoms with Gasteiger partial charge in [-0.15, -0.1) is 0 Å². The number of hydrogen-bond donors (Lipinski definition) is 0. The molecule has 0 atom stereocenters. The average Bonchev–Trinajstić information content (AvgIpc) is 3.18. The summed E-state index contributed by atoms with van der Waals surface area (Å²) in [6.07, 6.45) is 0. The van der Waals surface area contributed by atoms with Crippen LogP contribution >= 0.6 is 11.6 Å². The van der Waals surface area contributed by atoms with Crippen LogP contribution in [0.2, 0.25) is 5.02 Å². The lowest BCUT2D eigenvalue weighted by molar-refractivity contribution is -0.384. The summed E-state index contributed by atoms with van der Waals surface area (Å²) < 4.78 is 11.2. The van der Waals surface area contributed by atoms with Gasteiger partial charge in [-0.3, -0.25) is 19.7 Å². The molecule has 0 spiro atoms. The van der Waals surface area contributed by atoms with Crippen molar-refractivity contribution in [3.8, 4) is 11.5 Å². The number of hydrogen-bond acceptors (Lipinski definition) is 7. The van der Waals surface area contributed by atoms with Gasteiger partial charge in [-0.2, -0.15) is 0 Å². The van der Waals surface area contributed by atoms with Crippen LogP contribution in [0.4, 0.5) is 11.4 Å². The van der Waals surface area contributed by atoms with Gasteiger partial charge in [0.1, 0.15) is 18.1 Å². The predicted octanol–water partition coefficient (Wildman–Crippen LogP) is 6.51. The van der Waals surface area contributed by atoms with E-state index in [1.54, 1.807) is 42.5 Å². The molecule has 0 saturated heterocycles. The first-order valence-electron chi connectivity index (χ1n) is 11.7. The Labute approximate surface area is 227 Å². The van der Waals surface area contributed by atoms with Gasteiger partial charge in [0, 0.05) is 17.2 Å². The molecule has 0 unspecified atom stereocenters. The quantitative estimate of drug-likeness (QED) is 0.113. The predicted molar refractivity (Wildman–Crippen MR) is 143 cm³/mol. The number of imide groups is 1. The van der Waals surface area contributed by atoms with E-state index < -0.39 is 22.7 Å². The van der Waals surface area contributed by atoms with Crippen molar-refractivity contribution in [1.82, 2.24) is 0 Å². The summed E-state index contributed by atoms with van der Waals surface area (Å²) >= 11 is 6.18. The summed E-state index contributed by atoms with van der Waals surface area (Å²) in [7, 11) is 0. The van der Waals surface area contributed by atoms with Crippen LogP contribution in [0, 0.1) is 17.0 Å². The van der Waals surface area contributed by atoms with Gasteiger partial charge in [0.2, 0.25) is 0 Å². The molecular weight excluding hydrogens is 524 g/mol. The third-order valence-electron chi connectivity index (χ3n) is 6.09. The zero-order valence-electron chi connectivity index (χ0n) is 20.4. The van der Waals surface area contributed by atoms with Gasteiger partial charge in [-0.1, -0.05) is 29.8 Å². The highest BCUT2D eigenvalue weighted by molar-refractivity contribution is 6.36. The van der Waals surface area contributed by atoms with Crippen molar-refractivity contribution < 1.29 is 28.8 Å². The van der Waals surface area contributed by atoms with E-state index in [0.29, 0.717) is 27.8 Å². The summed E-state index contributed by atoms with van der Waals surface area (Å²) in [5, 5.41) is 11.2. The Kier molecular flexibility index (Phi) is 6.83. The monoisotopic (exact) mass is 542 g/mol. The van der Waals surface area contributed by atoms with E-state index in [1.165, 1.54) is 42.5 Å². The van der Waals surface area contributed by atoms with Gasteiger partial charge in [-0.05, 0) is 72.6 Å². The number of benzene rings is 4. The van der Waals surface area contributed by atoms with Gasteiger partial charge in [0.15, 0.2) is 0 Å². The highest BCUT2D eigenvalue weighted by atomic mass is 35.5. The van der Waals surface area contributed by atoms with Crippen molar-refractivity contribution in [3.05, 3.63) is 128 Å². The fourth-order valence-electron chi connectivity index (χ4n) is 4.03. The summed E-state index contributed by atoms with van der Waals surface area (Å²) in [5.74, 6) is -0.860. The van der Waals surface area contributed by atoms with E-state index >= 15 is 0 Å². The van der Waals surface area contributed by atoms with Gasteiger partial charge in [0.25, 0.3) is 17.5 Å². The minimum absolute atomic E-state index is 0.0483. The molecule has 10 heteroatoms. The topological polar surface area (TPSA) is 116 Å². The van der Waals surface area contributed by atoms with Gasteiger partial charge < -0.3 is 9.47 Å². The van der Waals surface area contributed by atoms with E-state index in [0.717, 1.165) is 10.5 Å². The smallest absolute Gasteiger partial charge is 0.338 e. The molecule has 0 fully saturated rings. The van der Waals surface area contributed by atoms with Crippen molar-refractivity contribution in [2.45, 2.75) is 13.5 Å². The first kappa shape index (κ1) is 25.6. The number of carbonyl (C=O) groups excluding carboxylic acids is 3. The summed E-state index contributed by atoms with van der Waals surface area (Å²) in [6.45, 7) is 1.74. The molecule has 4 aromatic rings. The number of esters is 1. The molecule has 9 nitrogen and oxygen atoms in total. The molecule has 39 heavy (non-hydrogen) atoms. The Morgan fingerprint density at radius 1 is 0.897 bits per heavy atom. The van der Waals surface area contributed by atoms with E-state index in [1.807, 2.05) is 6.92 Å². The van der Waals surface area contributed by atoms with Crippen LogP contribution in [-0.4, -0.2) is 22.7 Å². The Balaban J connectivity index is 1.26. The van der Waals surface area contributed by atoms with Crippen molar-refractivity contribution in [3.63, 3.8) is 0 Å². The third kappa shape index (κ3) is 5.21. The van der Waals surface area contributed by atoms with Crippen LogP contribution in [-0.2, 0) is 11.3 Å². The molecule has 1 aliphatic heterocycles. The number of aryl methyl sites for hydroxylation is 1. The molecule has 1 aliphatic rings. The normalized spacial score (nSPS) is 12.3. The molecule has 0 saturated carbocycles. The SMILES string of the molecule is Cc1ccc(N2C(=O)c3ccc(C(=O)OCc4cccc(Oc5ccc([N+](=O)[O-])cc5)c4)cc3C2=O)cc1Cl. The molecule has 0 aromatic heterocycles. The first-order valence-corrected chi connectivity index (χ1v) is 12.1. The molecule has 0 N–H and O–H groups in total. The van der Waals surface area contributed by atoms with Crippen LogP contribution in [0.3, 0.4) is 0 Å². The van der Waals surface area contributed by atoms with E-state index in [9.17, 15) is 24.5 Å². The second-order valence-corrected chi connectivity index (χ2v) is 9.12. The fraction of sp³-hybridized carbons (Fsp3) is 0.0690. The van der Waals surface area contributed by atoms with E-state index in [4.69, 9.17) is 21.1 Å². The van der Waals surface area contributed by atoms with Gasteiger partial charge in [0.05, 0.1) is 27.3 Å². The highest BCUT2D eigenvalue weighted by Crippen LogP contribution is 2.32. The highest BCUT2D eigenvalue weighted by Gasteiger charge is 2.37. The second kappa shape index (κ2) is 10.4. The molecule has 0 aliphatic carbocycles. The van der Waals surface area contributed by atoms with E-state index in [2.05, 4.69) is 0 Å². The second-order valence-electron chi connectivity index (χ2n) is 8.72. The van der Waals surface area contributed by atoms with Crippen molar-refractivity contribution >= 4 is 40.8 Å². The maximum Gasteiger partial charge on any atom is 0.338 e. The van der Waals surface area contributed by atoms with Crippen molar-refractivity contribution in [2.75, 3.05) is 4.90 Å². The van der Waals surface area contributed by atoms with Crippen LogP contribution in [0.25, 0.3) is 0 Å². The molecule has 0 bridgehead atoms. The molecule has 2 amide bonds. The lowest BCUT2D eigenvalue weighted by atomic mass is 10.1. The van der Waals surface area contributed by atoms with Gasteiger partial charge >= 0.3 is 5.97 Å². The Morgan fingerprint density at radius 3 is 2.36 bits per heavy atom. The molecule has 1 heterocycles. The molecular formula is C29H19ClN2O7. The van der Waals surface area contributed by atoms with E-state index in [-0.39, 0.29) is 29.0 Å². The summed E-state index contributed by atoms with van der Waals surface area (Å²) in [4.78, 5) is 50.1. The number of rotatable bonds is 7. The standard InChI is InChI=1S/C29H19ClN2O7/c1-17-5-7-21(15-26(17)30)31-27(33)24-12-6-19(14-25(24)28(31)34)29(35)38-16-18-3-2-4-23(13-18)39-22-10-8-20(9-11-22)32(36)37/h2-15H,16H2,1H3. The maximum absolute atomic E-state index is 13.1. The summed E-state index contributed by atoms with van der Waals surface area (Å²) in [6, 6.07) is 21.6. The Bertz CT molecular complexity index is 1650. The maximum atomic E-state index is 13.1. The number of amides is 2. The fourth-order valence-corrected chi connectivity index (χ4v) is 4.20. The number of ether oxygens (including phenoxy) is 2. The lowest BCUT2D eigenvalue weighted by Gasteiger charge is -2.14. The largest absolute Gasteiger partial charge is 0.457 e. The number of nitro benzene ring substituents is 1.